The average Bonchev–Trinajstić information content (AvgIpc) is 2.90. The van der Waals surface area contributed by atoms with Crippen LogP contribution < -0.4 is 5.32 Å². The zero-order valence-corrected chi connectivity index (χ0v) is 14.1. The number of hydrogen-bond donors (Lipinski definition) is 1. The summed E-state index contributed by atoms with van der Waals surface area (Å²) in [7, 11) is 0. The average molecular weight is 281 g/mol. The molecule has 1 heterocycles. The molecule has 2 rings (SSSR count). The van der Waals surface area contributed by atoms with Gasteiger partial charge in [0, 0.05) is 12.6 Å². The van der Waals surface area contributed by atoms with Gasteiger partial charge in [-0.15, -0.1) is 0 Å². The van der Waals surface area contributed by atoms with Crippen LogP contribution in [0.15, 0.2) is 0 Å². The van der Waals surface area contributed by atoms with Crippen LogP contribution in [-0.4, -0.2) is 25.3 Å². The maximum absolute atomic E-state index is 5.81. The zero-order valence-electron chi connectivity index (χ0n) is 14.1. The van der Waals surface area contributed by atoms with E-state index in [9.17, 15) is 0 Å². The summed E-state index contributed by atoms with van der Waals surface area (Å²) < 4.78 is 5.81. The quantitative estimate of drug-likeness (QED) is 0.780. The second-order valence-electron chi connectivity index (χ2n) is 7.85. The van der Waals surface area contributed by atoms with E-state index in [0.717, 1.165) is 31.0 Å². The molecular formula is C18H35NO. The topological polar surface area (TPSA) is 21.3 Å². The predicted molar refractivity (Wildman–Crippen MR) is 86.0 cm³/mol. The van der Waals surface area contributed by atoms with Crippen LogP contribution in [0.4, 0.5) is 0 Å². The maximum Gasteiger partial charge on any atom is 0.0576 e. The van der Waals surface area contributed by atoms with Gasteiger partial charge in [-0.2, -0.15) is 0 Å². The van der Waals surface area contributed by atoms with Gasteiger partial charge in [0.05, 0.1) is 6.10 Å². The van der Waals surface area contributed by atoms with Crippen LogP contribution in [-0.2, 0) is 4.74 Å². The van der Waals surface area contributed by atoms with Crippen molar-refractivity contribution >= 4 is 0 Å². The Morgan fingerprint density at radius 2 is 2.00 bits per heavy atom. The molecule has 4 atom stereocenters. The van der Waals surface area contributed by atoms with Crippen LogP contribution in [0.5, 0.6) is 0 Å². The van der Waals surface area contributed by atoms with Gasteiger partial charge >= 0.3 is 0 Å². The van der Waals surface area contributed by atoms with Crippen LogP contribution in [0, 0.1) is 17.3 Å². The number of hydrogen-bond acceptors (Lipinski definition) is 2. The Balaban J connectivity index is 1.90. The molecular weight excluding hydrogens is 246 g/mol. The minimum absolute atomic E-state index is 0.443. The first-order valence-electron chi connectivity index (χ1n) is 8.88. The summed E-state index contributed by atoms with van der Waals surface area (Å²) in [4.78, 5) is 0. The molecule has 0 aromatic heterocycles. The van der Waals surface area contributed by atoms with Crippen molar-refractivity contribution in [3.8, 4) is 0 Å². The van der Waals surface area contributed by atoms with Crippen molar-refractivity contribution in [3.05, 3.63) is 0 Å². The molecule has 1 saturated heterocycles. The van der Waals surface area contributed by atoms with E-state index in [1.807, 2.05) is 0 Å². The van der Waals surface area contributed by atoms with Crippen molar-refractivity contribution in [3.63, 3.8) is 0 Å². The van der Waals surface area contributed by atoms with Crippen LogP contribution in [0.25, 0.3) is 0 Å². The van der Waals surface area contributed by atoms with E-state index < -0.39 is 0 Å². The van der Waals surface area contributed by atoms with Crippen LogP contribution >= 0.6 is 0 Å². The maximum atomic E-state index is 5.81. The summed E-state index contributed by atoms with van der Waals surface area (Å²) in [6.45, 7) is 11.7. The third kappa shape index (κ3) is 4.21. The van der Waals surface area contributed by atoms with Gasteiger partial charge in [-0.05, 0) is 62.3 Å². The molecule has 20 heavy (non-hydrogen) atoms. The van der Waals surface area contributed by atoms with E-state index in [2.05, 4.69) is 33.0 Å². The molecule has 2 heteroatoms. The first kappa shape index (κ1) is 16.3. The first-order chi connectivity index (χ1) is 9.53. The molecule has 1 aliphatic carbocycles. The van der Waals surface area contributed by atoms with Gasteiger partial charge in [-0.3, -0.25) is 0 Å². The second kappa shape index (κ2) is 7.26. The lowest BCUT2D eigenvalue weighted by atomic mass is 9.64. The molecule has 4 unspecified atom stereocenters. The molecule has 0 bridgehead atoms. The first-order valence-corrected chi connectivity index (χ1v) is 8.88. The van der Waals surface area contributed by atoms with Gasteiger partial charge in [-0.25, -0.2) is 0 Å². The standard InChI is InChI=1S/C18H35NO/c1-5-19-17-13-14(2)8-9-16(17)18(3,4)11-10-15-7-6-12-20-15/h14-17,19H,5-13H2,1-4H3. The lowest BCUT2D eigenvalue weighted by Gasteiger charge is -2.45. The van der Waals surface area contributed by atoms with E-state index in [4.69, 9.17) is 4.74 Å². The highest BCUT2D eigenvalue weighted by Gasteiger charge is 2.38. The van der Waals surface area contributed by atoms with E-state index in [0.29, 0.717) is 11.5 Å². The van der Waals surface area contributed by atoms with Gasteiger partial charge in [-0.1, -0.05) is 34.1 Å². The highest BCUT2D eigenvalue weighted by Crippen LogP contribution is 2.43. The molecule has 1 saturated carbocycles. The number of nitrogens with one attached hydrogen (secondary N) is 1. The Bertz CT molecular complexity index is 283. The SMILES string of the molecule is CCNC1CC(C)CCC1C(C)(C)CCC1CCCO1. The normalized spacial score (nSPS) is 35.4. The third-order valence-corrected chi connectivity index (χ3v) is 5.72. The third-order valence-electron chi connectivity index (χ3n) is 5.72. The van der Waals surface area contributed by atoms with E-state index >= 15 is 0 Å². The Hall–Kier alpha value is -0.0800. The van der Waals surface area contributed by atoms with Crippen molar-refractivity contribution < 1.29 is 4.74 Å². The van der Waals surface area contributed by atoms with Crippen molar-refractivity contribution in [2.75, 3.05) is 13.2 Å². The summed E-state index contributed by atoms with van der Waals surface area (Å²) in [6.07, 6.45) is 9.86. The molecule has 2 aliphatic rings. The van der Waals surface area contributed by atoms with Crippen LogP contribution in [0.2, 0.25) is 0 Å². The fraction of sp³-hybridized carbons (Fsp3) is 1.00. The van der Waals surface area contributed by atoms with Gasteiger partial charge in [0.15, 0.2) is 0 Å². The predicted octanol–water partition coefficient (Wildman–Crippen LogP) is 4.39. The largest absolute Gasteiger partial charge is 0.378 e. The van der Waals surface area contributed by atoms with Crippen LogP contribution in [0.1, 0.15) is 72.6 Å². The molecule has 0 amide bonds. The minimum atomic E-state index is 0.443. The molecule has 0 radical (unpaired) electrons. The van der Waals surface area contributed by atoms with Gasteiger partial charge < -0.3 is 10.1 Å². The van der Waals surface area contributed by atoms with Gasteiger partial charge in [0.25, 0.3) is 0 Å². The molecule has 0 aromatic rings. The molecule has 2 nitrogen and oxygen atoms in total. The smallest absolute Gasteiger partial charge is 0.0576 e. The summed E-state index contributed by atoms with van der Waals surface area (Å²) in [5.74, 6) is 1.73. The van der Waals surface area contributed by atoms with Crippen molar-refractivity contribution in [2.24, 2.45) is 17.3 Å². The summed E-state index contributed by atoms with van der Waals surface area (Å²) in [5, 5.41) is 3.77. The fourth-order valence-electron chi connectivity index (χ4n) is 4.39. The zero-order chi connectivity index (χ0) is 14.6. The lowest BCUT2D eigenvalue weighted by Crippen LogP contribution is -2.46. The van der Waals surface area contributed by atoms with Crippen molar-refractivity contribution in [2.45, 2.75) is 84.8 Å². The van der Waals surface area contributed by atoms with Crippen LogP contribution in [0.3, 0.4) is 0 Å². The fourth-order valence-corrected chi connectivity index (χ4v) is 4.39. The van der Waals surface area contributed by atoms with Gasteiger partial charge in [0.2, 0.25) is 0 Å². The second-order valence-corrected chi connectivity index (χ2v) is 7.85. The molecule has 118 valence electrons. The summed E-state index contributed by atoms with van der Waals surface area (Å²) in [5.41, 5.74) is 0.443. The summed E-state index contributed by atoms with van der Waals surface area (Å²) >= 11 is 0. The number of rotatable bonds is 6. The number of ether oxygens (including phenoxy) is 1. The lowest BCUT2D eigenvalue weighted by molar-refractivity contribution is 0.0541. The van der Waals surface area contributed by atoms with Crippen molar-refractivity contribution in [1.82, 2.24) is 5.32 Å². The monoisotopic (exact) mass is 281 g/mol. The van der Waals surface area contributed by atoms with E-state index in [1.54, 1.807) is 0 Å². The Kier molecular flexibility index (Phi) is 5.92. The molecule has 1 N–H and O–H groups in total. The van der Waals surface area contributed by atoms with Crippen molar-refractivity contribution in [1.29, 1.82) is 0 Å². The van der Waals surface area contributed by atoms with E-state index in [1.165, 1.54) is 44.9 Å². The highest BCUT2D eigenvalue weighted by molar-refractivity contribution is 4.92. The minimum Gasteiger partial charge on any atom is -0.378 e. The highest BCUT2D eigenvalue weighted by atomic mass is 16.5. The van der Waals surface area contributed by atoms with Gasteiger partial charge in [0.1, 0.15) is 0 Å². The molecule has 0 spiro atoms. The molecule has 1 aliphatic heterocycles. The molecule has 0 aromatic carbocycles. The Labute approximate surface area is 126 Å². The Morgan fingerprint density at radius 3 is 2.65 bits per heavy atom. The molecule has 2 fully saturated rings. The summed E-state index contributed by atoms with van der Waals surface area (Å²) in [6, 6.07) is 0.725. The van der Waals surface area contributed by atoms with E-state index in [-0.39, 0.29) is 0 Å². The Morgan fingerprint density at radius 1 is 1.20 bits per heavy atom.